The van der Waals surface area contributed by atoms with E-state index in [0.717, 1.165) is 68.1 Å². The van der Waals surface area contributed by atoms with Gasteiger partial charge in [-0.05, 0) is 50.7 Å². The number of hydrogen-bond acceptors (Lipinski definition) is 13. The number of rotatable bonds is 31. The van der Waals surface area contributed by atoms with Crippen LogP contribution in [0.5, 0.6) is 0 Å². The zero-order valence-corrected chi connectivity index (χ0v) is 41.5. The van der Waals surface area contributed by atoms with Crippen molar-refractivity contribution in [1.29, 1.82) is 0 Å². The number of amides is 4. The van der Waals surface area contributed by atoms with Gasteiger partial charge in [-0.2, -0.15) is 0 Å². The molecule has 0 radical (unpaired) electrons. The first-order chi connectivity index (χ1) is 34.4. The highest BCUT2D eigenvalue weighted by molar-refractivity contribution is 5.92. The van der Waals surface area contributed by atoms with Crippen LogP contribution in [-0.2, 0) is 75.1 Å². The molecule has 3 aromatic carbocycles. The summed E-state index contributed by atoms with van der Waals surface area (Å²) < 4.78 is 42.9. The van der Waals surface area contributed by atoms with E-state index in [1.54, 1.807) is 0 Å². The van der Waals surface area contributed by atoms with Crippen molar-refractivity contribution in [2.75, 3.05) is 13.2 Å². The van der Waals surface area contributed by atoms with E-state index in [1.165, 1.54) is 20.3 Å². The molecule has 2 aliphatic heterocycles. The first-order valence-electron chi connectivity index (χ1n) is 25.2. The van der Waals surface area contributed by atoms with Crippen LogP contribution in [0.3, 0.4) is 0 Å². The normalized spacial score (nSPS) is 20.8. The molecular weight excluding hydrogens is 913 g/mol. The highest BCUT2D eigenvalue weighted by Gasteiger charge is 2.52. The van der Waals surface area contributed by atoms with Crippen molar-refractivity contribution >= 4 is 35.6 Å². The molecule has 388 valence electrons. The second-order valence-electron chi connectivity index (χ2n) is 18.1. The predicted molar refractivity (Wildman–Crippen MR) is 262 cm³/mol. The van der Waals surface area contributed by atoms with E-state index in [-0.39, 0.29) is 51.0 Å². The zero-order valence-electron chi connectivity index (χ0n) is 41.5. The van der Waals surface area contributed by atoms with Gasteiger partial charge in [-0.15, -0.1) is 0 Å². The van der Waals surface area contributed by atoms with Gasteiger partial charge >= 0.3 is 11.9 Å². The van der Waals surface area contributed by atoms with Crippen molar-refractivity contribution in [2.24, 2.45) is 5.73 Å². The Balaban J connectivity index is 1.21. The van der Waals surface area contributed by atoms with Crippen LogP contribution < -0.4 is 21.7 Å². The lowest BCUT2D eigenvalue weighted by Crippen LogP contribution is -2.68. The molecule has 2 heterocycles. The topological polar surface area (TPSA) is 229 Å². The van der Waals surface area contributed by atoms with Crippen molar-refractivity contribution in [3.8, 4) is 0 Å². The number of nitrogens with one attached hydrogen (secondary N) is 3. The van der Waals surface area contributed by atoms with Crippen molar-refractivity contribution < 1.29 is 61.9 Å². The number of carbonyl (C=O) groups is 6. The van der Waals surface area contributed by atoms with E-state index in [1.807, 2.05) is 91.0 Å². The van der Waals surface area contributed by atoms with Crippen LogP contribution in [0.2, 0.25) is 0 Å². The molecule has 0 aromatic heterocycles. The monoisotopic (exact) mass is 987 g/mol. The van der Waals surface area contributed by atoms with Crippen LogP contribution in [0, 0.1) is 0 Å². The fourth-order valence-electron chi connectivity index (χ4n) is 8.22. The van der Waals surface area contributed by atoms with Crippen LogP contribution in [0.4, 0.5) is 0 Å². The molecule has 0 spiro atoms. The van der Waals surface area contributed by atoms with Gasteiger partial charge in [-0.3, -0.25) is 28.8 Å². The second-order valence-corrected chi connectivity index (χ2v) is 18.1. The Hall–Kier alpha value is -5.72. The molecule has 0 saturated carbocycles. The van der Waals surface area contributed by atoms with Gasteiger partial charge in [0.15, 0.2) is 12.6 Å². The van der Waals surface area contributed by atoms with Gasteiger partial charge in [0, 0.05) is 24.8 Å². The Morgan fingerprint density at radius 2 is 1.28 bits per heavy atom. The second kappa shape index (κ2) is 30.9. The standard InChI is InChI=1S/C54H74N4O13/c1-4-5-6-8-21-30-45(60)65-33-22-10-7-9-20-29-44(59)58-47-49(48-43(36-68-53(71-48)41-27-18-13-19-28-41)70-54(47)67-35-40-25-16-12-17-26-40)69-38(3)52(64)56-37(2)51(63)57-42(50(55)62)31-32-46(61)66-34-39-23-14-11-15-24-39/h11-19,23-28,37-38,42-43,47-49,53-54H,4-10,20-22,29-36H2,1-3H3,(H2,55,62)(H,56,64)(H,57,63)(H,58,59)/t37-,38+,42+,43+,47+,48+,49+,53+,54?/m0/s1. The average Bonchev–Trinajstić information content (AvgIpc) is 3.38. The van der Waals surface area contributed by atoms with Crippen molar-refractivity contribution in [1.82, 2.24) is 16.0 Å². The van der Waals surface area contributed by atoms with Crippen molar-refractivity contribution in [2.45, 2.75) is 179 Å². The fourth-order valence-corrected chi connectivity index (χ4v) is 8.22. The van der Waals surface area contributed by atoms with Gasteiger partial charge in [-0.1, -0.05) is 143 Å². The van der Waals surface area contributed by atoms with Crippen LogP contribution in [-0.4, -0.2) is 97.6 Å². The van der Waals surface area contributed by atoms with Gasteiger partial charge in [0.1, 0.15) is 49.1 Å². The largest absolute Gasteiger partial charge is 0.466 e. The lowest BCUT2D eigenvalue weighted by molar-refractivity contribution is -0.351. The molecule has 3 aromatic rings. The summed E-state index contributed by atoms with van der Waals surface area (Å²) in [6.07, 6.45) is 3.81. The van der Waals surface area contributed by atoms with E-state index in [9.17, 15) is 28.8 Å². The van der Waals surface area contributed by atoms with Crippen LogP contribution in [0.1, 0.15) is 134 Å². The highest BCUT2D eigenvalue weighted by Crippen LogP contribution is 2.36. The Morgan fingerprint density at radius 1 is 0.676 bits per heavy atom. The summed E-state index contributed by atoms with van der Waals surface area (Å²) >= 11 is 0. The SMILES string of the molecule is CCCCCCCC(=O)OCCCCCCCC(=O)N[C@H]1C(OCc2ccccc2)O[C@@H]2CO[C@@H](c3ccccc3)O[C@H]2[C@@H]1O[C@H](C)C(=O)N[C@@H](C)C(=O)N[C@H](CCC(=O)OCc1ccccc1)C(N)=O. The molecule has 2 fully saturated rings. The molecule has 17 nitrogen and oxygen atoms in total. The fraction of sp³-hybridized carbons (Fsp3) is 0.556. The Morgan fingerprint density at radius 3 is 1.96 bits per heavy atom. The smallest absolute Gasteiger partial charge is 0.306 e. The molecule has 5 N–H and O–H groups in total. The number of nitrogens with two attached hydrogens (primary N) is 1. The zero-order chi connectivity index (χ0) is 50.8. The van der Waals surface area contributed by atoms with E-state index < -0.39 is 78.8 Å². The number of fused-ring (bicyclic) bond motifs is 1. The summed E-state index contributed by atoms with van der Waals surface area (Å²) in [5.74, 6) is -3.26. The number of carbonyl (C=O) groups excluding carboxylic acids is 6. The van der Waals surface area contributed by atoms with E-state index >= 15 is 0 Å². The summed E-state index contributed by atoms with van der Waals surface area (Å²) in [6, 6.07) is 24.5. The molecule has 17 heteroatoms. The minimum atomic E-state index is -1.22. The van der Waals surface area contributed by atoms with Gasteiger partial charge in [0.2, 0.25) is 23.6 Å². The van der Waals surface area contributed by atoms with E-state index in [2.05, 4.69) is 22.9 Å². The Bertz CT molecular complexity index is 2080. The van der Waals surface area contributed by atoms with Gasteiger partial charge in [0.05, 0.1) is 19.8 Å². The van der Waals surface area contributed by atoms with E-state index in [0.29, 0.717) is 19.4 Å². The molecule has 2 saturated heterocycles. The van der Waals surface area contributed by atoms with Crippen molar-refractivity contribution in [3.63, 3.8) is 0 Å². The van der Waals surface area contributed by atoms with Gasteiger partial charge in [0.25, 0.3) is 0 Å². The number of hydrogen-bond donors (Lipinski definition) is 4. The molecule has 0 aliphatic carbocycles. The Kier molecular flexibility index (Phi) is 24.5. The molecule has 1 unspecified atom stereocenters. The first kappa shape index (κ1) is 56.2. The maximum atomic E-state index is 13.9. The molecule has 9 atom stereocenters. The molecule has 71 heavy (non-hydrogen) atoms. The summed E-state index contributed by atoms with van der Waals surface area (Å²) in [4.78, 5) is 78.0. The van der Waals surface area contributed by atoms with Crippen LogP contribution in [0.25, 0.3) is 0 Å². The third-order valence-corrected chi connectivity index (χ3v) is 12.3. The quantitative estimate of drug-likeness (QED) is 0.0397. The molecule has 4 amide bonds. The maximum absolute atomic E-state index is 13.9. The van der Waals surface area contributed by atoms with Gasteiger partial charge in [-0.25, -0.2) is 0 Å². The molecular formula is C54H74N4O13. The van der Waals surface area contributed by atoms with Crippen LogP contribution in [0.15, 0.2) is 91.0 Å². The summed E-state index contributed by atoms with van der Waals surface area (Å²) in [7, 11) is 0. The lowest BCUT2D eigenvalue weighted by Gasteiger charge is -2.49. The molecule has 0 bridgehead atoms. The summed E-state index contributed by atoms with van der Waals surface area (Å²) in [5, 5.41) is 8.28. The number of ether oxygens (including phenoxy) is 7. The number of unbranched alkanes of at least 4 members (excludes halogenated alkanes) is 8. The predicted octanol–water partition coefficient (Wildman–Crippen LogP) is 6.54. The number of primary amides is 1. The summed E-state index contributed by atoms with van der Waals surface area (Å²) in [6.45, 7) is 5.76. The molecule has 5 rings (SSSR count). The minimum Gasteiger partial charge on any atom is -0.466 e. The summed E-state index contributed by atoms with van der Waals surface area (Å²) in [5.41, 5.74) is 7.99. The highest BCUT2D eigenvalue weighted by atomic mass is 16.8. The van der Waals surface area contributed by atoms with Crippen LogP contribution >= 0.6 is 0 Å². The lowest BCUT2D eigenvalue weighted by atomic mass is 9.94. The maximum Gasteiger partial charge on any atom is 0.306 e. The number of benzene rings is 3. The molecule has 2 aliphatic rings. The minimum absolute atomic E-state index is 0.0519. The van der Waals surface area contributed by atoms with Crippen molar-refractivity contribution in [3.05, 3.63) is 108 Å². The first-order valence-corrected chi connectivity index (χ1v) is 25.2. The third kappa shape index (κ3) is 19.8. The third-order valence-electron chi connectivity index (χ3n) is 12.3. The van der Waals surface area contributed by atoms with Gasteiger partial charge < -0.3 is 54.8 Å². The van der Waals surface area contributed by atoms with E-state index in [4.69, 9.17) is 38.9 Å². The number of esters is 2. The average molecular weight is 987 g/mol. The Labute approximate surface area is 417 Å².